The fourth-order valence-corrected chi connectivity index (χ4v) is 4.05. The Morgan fingerprint density at radius 2 is 1.64 bits per heavy atom. The molecule has 0 saturated carbocycles. The first-order chi connectivity index (χ1) is 17.4. The van der Waals surface area contributed by atoms with Crippen LogP contribution in [0, 0.1) is 0 Å². The molecule has 5 atom stereocenters. The summed E-state index contributed by atoms with van der Waals surface area (Å²) < 4.78 is 10.5. The van der Waals surface area contributed by atoms with Crippen molar-refractivity contribution in [1.82, 2.24) is 0 Å². The molecule has 0 radical (unpaired) electrons. The lowest BCUT2D eigenvalue weighted by atomic mass is 9.98. The van der Waals surface area contributed by atoms with Gasteiger partial charge in [0.1, 0.15) is 35.7 Å². The Hall–Kier alpha value is -2.49. The maximum atomic E-state index is 12.8. The van der Waals surface area contributed by atoms with Crippen molar-refractivity contribution in [1.29, 1.82) is 0 Å². The second kappa shape index (κ2) is 16.3. The Bertz CT molecular complexity index is 863. The smallest absolute Gasteiger partial charge is 0.344 e. The number of allylic oxidation sites excluding steroid dienone is 5. The van der Waals surface area contributed by atoms with Crippen molar-refractivity contribution in [3.05, 3.63) is 66.3 Å². The van der Waals surface area contributed by atoms with Crippen LogP contribution in [0.25, 0.3) is 0 Å². The van der Waals surface area contributed by atoms with Gasteiger partial charge < -0.3 is 35.0 Å². The van der Waals surface area contributed by atoms with Gasteiger partial charge in [-0.2, -0.15) is 0 Å². The van der Waals surface area contributed by atoms with E-state index >= 15 is 0 Å². The zero-order valence-corrected chi connectivity index (χ0v) is 20.7. The number of aromatic hydroxyl groups is 1. The molecule has 1 aromatic carbocycles. The van der Waals surface area contributed by atoms with Crippen LogP contribution in [0.1, 0.15) is 67.3 Å². The van der Waals surface area contributed by atoms with Gasteiger partial charge in [-0.1, -0.05) is 61.8 Å². The molecule has 5 N–H and O–H groups in total. The van der Waals surface area contributed by atoms with E-state index in [2.05, 4.69) is 30.9 Å². The summed E-state index contributed by atoms with van der Waals surface area (Å²) in [4.78, 5) is 12.8. The largest absolute Gasteiger partial charge is 0.507 e. The molecule has 1 aliphatic heterocycles. The minimum absolute atomic E-state index is 0.0262. The molecule has 8 nitrogen and oxygen atoms in total. The third-order valence-electron chi connectivity index (χ3n) is 6.13. The third kappa shape index (κ3) is 9.19. The molecule has 200 valence electrons. The number of carbonyl (C=O) groups is 1. The van der Waals surface area contributed by atoms with Crippen LogP contribution in [0.3, 0.4) is 0 Å². The fourth-order valence-electron chi connectivity index (χ4n) is 4.05. The average Bonchev–Trinajstić information content (AvgIpc) is 2.87. The fraction of sp³-hybridized carbons (Fsp3) is 0.536. The molecule has 1 saturated heterocycles. The molecule has 0 spiro atoms. The van der Waals surface area contributed by atoms with E-state index in [0.717, 1.165) is 51.4 Å². The summed E-state index contributed by atoms with van der Waals surface area (Å²) in [6.45, 7) is 3.05. The van der Waals surface area contributed by atoms with E-state index in [-0.39, 0.29) is 11.3 Å². The van der Waals surface area contributed by atoms with E-state index in [4.69, 9.17) is 9.47 Å². The Balaban J connectivity index is 1.79. The van der Waals surface area contributed by atoms with Gasteiger partial charge in [-0.15, -0.1) is 6.58 Å². The topological polar surface area (TPSA) is 137 Å². The highest BCUT2D eigenvalue weighted by Crippen LogP contribution is 2.27. The van der Waals surface area contributed by atoms with E-state index in [1.54, 1.807) is 12.1 Å². The van der Waals surface area contributed by atoms with Crippen LogP contribution in [-0.4, -0.2) is 68.8 Å². The monoisotopic (exact) mass is 504 g/mol. The number of rotatable bonds is 15. The molecule has 8 heteroatoms. The van der Waals surface area contributed by atoms with E-state index in [1.165, 1.54) is 6.07 Å². The number of phenols is 1. The summed E-state index contributed by atoms with van der Waals surface area (Å²) >= 11 is 0. The zero-order chi connectivity index (χ0) is 26.3. The lowest BCUT2D eigenvalue weighted by molar-refractivity contribution is -0.285. The van der Waals surface area contributed by atoms with Crippen LogP contribution >= 0.6 is 0 Å². The number of aryl methyl sites for hydroxylation is 1. The number of benzene rings is 1. The highest BCUT2D eigenvalue weighted by Gasteiger charge is 2.45. The van der Waals surface area contributed by atoms with Crippen molar-refractivity contribution in [3.63, 3.8) is 0 Å². The number of hydrogen-bond acceptors (Lipinski definition) is 8. The van der Waals surface area contributed by atoms with Gasteiger partial charge in [0.05, 0.1) is 6.61 Å². The first-order valence-electron chi connectivity index (χ1n) is 12.6. The molecular formula is C28H40O8. The second-order valence-corrected chi connectivity index (χ2v) is 8.92. The molecule has 1 aromatic rings. The molecule has 0 aromatic heterocycles. The second-order valence-electron chi connectivity index (χ2n) is 8.92. The average molecular weight is 505 g/mol. The van der Waals surface area contributed by atoms with Crippen molar-refractivity contribution in [2.75, 3.05) is 6.61 Å². The number of ether oxygens (including phenoxy) is 2. The summed E-state index contributed by atoms with van der Waals surface area (Å²) in [6, 6.07) is 4.75. The summed E-state index contributed by atoms with van der Waals surface area (Å²) in [5.74, 6) is -1.17. The molecule has 2 rings (SSSR count). The van der Waals surface area contributed by atoms with E-state index in [9.17, 15) is 30.3 Å². The number of aliphatic hydroxyl groups is 4. The molecule has 1 aliphatic rings. The van der Waals surface area contributed by atoms with E-state index in [1.807, 2.05) is 6.08 Å². The molecule has 0 unspecified atom stereocenters. The number of unbranched alkanes of at least 4 members (excludes halogenated alkanes) is 5. The van der Waals surface area contributed by atoms with Crippen molar-refractivity contribution in [2.45, 2.75) is 88.5 Å². The quantitative estimate of drug-likeness (QED) is 0.139. The van der Waals surface area contributed by atoms with Crippen molar-refractivity contribution in [2.24, 2.45) is 0 Å². The molecule has 0 aliphatic carbocycles. The summed E-state index contributed by atoms with van der Waals surface area (Å²) in [5, 5.41) is 49.5. The number of esters is 1. The molecule has 1 fully saturated rings. The summed E-state index contributed by atoms with van der Waals surface area (Å²) in [6.07, 6.45) is 11.3. The Morgan fingerprint density at radius 1 is 0.944 bits per heavy atom. The first kappa shape index (κ1) is 29.7. The Labute approximate surface area is 213 Å². The normalized spacial score (nSPS) is 24.4. The molecule has 1 heterocycles. The van der Waals surface area contributed by atoms with Crippen LogP contribution in [0.4, 0.5) is 0 Å². The minimum atomic E-state index is -1.70. The van der Waals surface area contributed by atoms with Gasteiger partial charge in [-0.05, 0) is 50.2 Å². The summed E-state index contributed by atoms with van der Waals surface area (Å²) in [5.41, 5.74) is 0.582. The van der Waals surface area contributed by atoms with Gasteiger partial charge >= 0.3 is 5.97 Å². The van der Waals surface area contributed by atoms with Gasteiger partial charge in [0.25, 0.3) is 0 Å². The minimum Gasteiger partial charge on any atom is -0.507 e. The standard InChI is InChI=1S/C28H40O8/c1-2-3-4-5-6-7-8-9-10-11-12-13-14-16-20-17-15-18-21(30)23(20)27(34)36-28-26(33)25(32)24(31)22(19-29)35-28/h2,4-5,7-8,15,17-18,22,24-26,28-33H,1,3,6,9-14,16,19H2/b5-4-,8-7-/t22-,24-,25+,26-,28+/m1/s1. The van der Waals surface area contributed by atoms with Crippen LogP contribution in [-0.2, 0) is 15.9 Å². The van der Waals surface area contributed by atoms with Crippen LogP contribution in [0.2, 0.25) is 0 Å². The predicted octanol–water partition coefficient (Wildman–Crippen LogP) is 3.31. The SMILES string of the molecule is C=CC/C=C\C/C=C\CCCCCCCc1cccc(O)c1C(=O)O[C@@H]1O[C@H](CO)[C@@H](O)[C@H](O)[C@H]1O. The van der Waals surface area contributed by atoms with Gasteiger partial charge in [-0.3, -0.25) is 0 Å². The van der Waals surface area contributed by atoms with Crippen molar-refractivity contribution in [3.8, 4) is 5.75 Å². The number of aliphatic hydroxyl groups excluding tert-OH is 4. The molecule has 0 bridgehead atoms. The van der Waals surface area contributed by atoms with E-state index < -0.39 is 43.3 Å². The number of phenolic OH excluding ortho intramolecular Hbond substituents is 1. The highest BCUT2D eigenvalue weighted by molar-refractivity contribution is 5.94. The van der Waals surface area contributed by atoms with Gasteiger partial charge in [0, 0.05) is 0 Å². The highest BCUT2D eigenvalue weighted by atomic mass is 16.7. The van der Waals surface area contributed by atoms with Gasteiger partial charge in [-0.25, -0.2) is 4.79 Å². The Morgan fingerprint density at radius 3 is 2.39 bits per heavy atom. The number of hydrogen-bond donors (Lipinski definition) is 5. The van der Waals surface area contributed by atoms with Crippen LogP contribution in [0.5, 0.6) is 5.75 Å². The van der Waals surface area contributed by atoms with Gasteiger partial charge in [0.2, 0.25) is 6.29 Å². The maximum absolute atomic E-state index is 12.8. The first-order valence-corrected chi connectivity index (χ1v) is 12.6. The third-order valence-corrected chi connectivity index (χ3v) is 6.13. The van der Waals surface area contributed by atoms with Crippen LogP contribution < -0.4 is 0 Å². The lowest BCUT2D eigenvalue weighted by Gasteiger charge is -2.39. The maximum Gasteiger partial charge on any atom is 0.344 e. The molecular weight excluding hydrogens is 464 g/mol. The molecule has 0 amide bonds. The van der Waals surface area contributed by atoms with Gasteiger partial charge in [0.15, 0.2) is 0 Å². The van der Waals surface area contributed by atoms with Crippen molar-refractivity contribution >= 4 is 5.97 Å². The lowest BCUT2D eigenvalue weighted by Crippen LogP contribution is -2.59. The van der Waals surface area contributed by atoms with E-state index in [0.29, 0.717) is 12.0 Å². The zero-order valence-electron chi connectivity index (χ0n) is 20.7. The Kier molecular flexibility index (Phi) is 13.5. The van der Waals surface area contributed by atoms with Crippen molar-refractivity contribution < 1.29 is 39.8 Å². The van der Waals surface area contributed by atoms with Crippen LogP contribution in [0.15, 0.2) is 55.2 Å². The predicted molar refractivity (Wildman–Crippen MR) is 136 cm³/mol. The summed E-state index contributed by atoms with van der Waals surface area (Å²) in [7, 11) is 0. The molecule has 36 heavy (non-hydrogen) atoms. The number of carbonyl (C=O) groups excluding carboxylic acids is 1.